The van der Waals surface area contributed by atoms with E-state index in [-0.39, 0.29) is 39.2 Å². The fraction of sp³-hybridized carbons (Fsp3) is 0.308. The second-order valence-corrected chi connectivity index (χ2v) is 29.3. The number of hydrogen-bond donors (Lipinski definition) is 0. The normalized spacial score (nSPS) is 16.9. The molecule has 0 spiro atoms. The third-order valence-corrected chi connectivity index (χ3v) is 19.5. The Balaban J connectivity index is 1.21. The minimum Gasteiger partial charge on any atom is -0.311 e. The van der Waals surface area contributed by atoms with Gasteiger partial charge in [-0.3, -0.25) is 0 Å². The van der Waals surface area contributed by atoms with E-state index in [0.29, 0.717) is 0 Å². The highest BCUT2D eigenvalue weighted by molar-refractivity contribution is 7.00. The number of para-hydroxylation sites is 2. The molecule has 0 unspecified atom stereocenters. The lowest BCUT2D eigenvalue weighted by atomic mass is 9.33. The maximum Gasteiger partial charge on any atom is 0.252 e. The molecule has 0 aromatic heterocycles. The van der Waals surface area contributed by atoms with E-state index in [1.165, 1.54) is 112 Å². The van der Waals surface area contributed by atoms with E-state index in [9.17, 15) is 0 Å². The van der Waals surface area contributed by atoms with Crippen molar-refractivity contribution >= 4 is 74.3 Å². The second kappa shape index (κ2) is 18.7. The molecule has 0 saturated heterocycles. The Morgan fingerprint density at radius 1 is 0.378 bits per heavy atom. The van der Waals surface area contributed by atoms with Crippen LogP contribution in [-0.2, 0) is 32.5 Å². The number of hydrogen-bond acceptors (Lipinski definition) is 3. The third kappa shape index (κ3) is 8.76. The van der Waals surface area contributed by atoms with Crippen molar-refractivity contribution in [3.63, 3.8) is 0 Å². The highest BCUT2D eigenvalue weighted by Gasteiger charge is 2.48. The van der Waals surface area contributed by atoms with Gasteiger partial charge < -0.3 is 14.7 Å². The highest BCUT2D eigenvalue weighted by atomic mass is 15.2. The van der Waals surface area contributed by atoms with Crippen molar-refractivity contribution in [3.8, 4) is 22.3 Å². The third-order valence-electron chi connectivity index (χ3n) is 19.5. The van der Waals surface area contributed by atoms with Crippen molar-refractivity contribution in [3.05, 3.63) is 227 Å². The molecule has 4 aliphatic rings. The first-order valence-corrected chi connectivity index (χ1v) is 30.3. The van der Waals surface area contributed by atoms with Gasteiger partial charge in [0.15, 0.2) is 0 Å². The molecule has 4 heteroatoms. The summed E-state index contributed by atoms with van der Waals surface area (Å²) in [5.41, 5.74) is 29.2. The second-order valence-electron chi connectivity index (χ2n) is 29.3. The van der Waals surface area contributed by atoms with E-state index < -0.39 is 0 Å². The predicted octanol–water partition coefficient (Wildman–Crippen LogP) is 19.8. The Bertz CT molecular complexity index is 3960. The molecule has 0 N–H and O–H groups in total. The first-order valence-electron chi connectivity index (χ1n) is 30.3. The monoisotopic (exact) mass is 1070 g/mol. The molecule has 0 saturated carbocycles. The molecule has 0 radical (unpaired) electrons. The van der Waals surface area contributed by atoms with E-state index in [4.69, 9.17) is 0 Å². The molecule has 0 fully saturated rings. The minimum atomic E-state index is -0.0853. The Labute approximate surface area is 491 Å². The minimum absolute atomic E-state index is 0.0146. The van der Waals surface area contributed by atoms with Crippen molar-refractivity contribution in [2.24, 2.45) is 0 Å². The number of fused-ring (bicyclic) bond motifs is 6. The van der Waals surface area contributed by atoms with E-state index in [2.05, 4.69) is 307 Å². The topological polar surface area (TPSA) is 9.72 Å². The maximum absolute atomic E-state index is 2.74. The molecule has 3 nitrogen and oxygen atoms in total. The number of aryl methyl sites for hydroxylation is 1. The van der Waals surface area contributed by atoms with Gasteiger partial charge in [-0.1, -0.05) is 218 Å². The van der Waals surface area contributed by atoms with E-state index in [1.807, 2.05) is 0 Å². The van der Waals surface area contributed by atoms with Crippen molar-refractivity contribution in [2.75, 3.05) is 14.7 Å². The average molecular weight is 1070 g/mol. The number of anilines is 9. The van der Waals surface area contributed by atoms with Gasteiger partial charge in [-0.05, 0) is 197 Å². The Morgan fingerprint density at radius 2 is 0.890 bits per heavy atom. The quantitative estimate of drug-likeness (QED) is 0.147. The van der Waals surface area contributed by atoms with Gasteiger partial charge >= 0.3 is 0 Å². The Hall–Kier alpha value is -7.56. The van der Waals surface area contributed by atoms with Gasteiger partial charge in [-0.2, -0.15) is 0 Å². The van der Waals surface area contributed by atoms with Crippen LogP contribution in [0.5, 0.6) is 0 Å². The zero-order valence-corrected chi connectivity index (χ0v) is 51.4. The van der Waals surface area contributed by atoms with E-state index >= 15 is 0 Å². The molecule has 0 amide bonds. The van der Waals surface area contributed by atoms with Gasteiger partial charge in [0.2, 0.25) is 0 Å². The molecular weight excluding hydrogens is 990 g/mol. The highest BCUT2D eigenvalue weighted by Crippen LogP contribution is 2.56. The zero-order chi connectivity index (χ0) is 57.6. The lowest BCUT2D eigenvalue weighted by Gasteiger charge is -2.48. The van der Waals surface area contributed by atoms with E-state index in [1.54, 1.807) is 0 Å². The zero-order valence-electron chi connectivity index (χ0n) is 51.4. The Morgan fingerprint density at radius 3 is 1.50 bits per heavy atom. The van der Waals surface area contributed by atoms with Gasteiger partial charge in [0.1, 0.15) is 0 Å². The van der Waals surface area contributed by atoms with Crippen LogP contribution in [0.1, 0.15) is 155 Å². The van der Waals surface area contributed by atoms with Crippen molar-refractivity contribution in [2.45, 2.75) is 156 Å². The van der Waals surface area contributed by atoms with Gasteiger partial charge in [0, 0.05) is 45.4 Å². The molecule has 82 heavy (non-hydrogen) atoms. The molecular formula is C78H82BN3. The summed E-state index contributed by atoms with van der Waals surface area (Å²) in [5, 5.41) is 0. The molecule has 2 aliphatic carbocycles. The first-order chi connectivity index (χ1) is 38.8. The summed E-state index contributed by atoms with van der Waals surface area (Å²) in [5.74, 6) is 0. The molecule has 0 atom stereocenters. The summed E-state index contributed by atoms with van der Waals surface area (Å²) in [4.78, 5) is 7.89. The molecule has 13 rings (SSSR count). The van der Waals surface area contributed by atoms with Gasteiger partial charge in [0.25, 0.3) is 6.71 Å². The molecule has 412 valence electrons. The fourth-order valence-electron chi connectivity index (χ4n) is 15.0. The van der Waals surface area contributed by atoms with Crippen LogP contribution in [0.15, 0.2) is 188 Å². The predicted molar refractivity (Wildman–Crippen MR) is 354 cm³/mol. The summed E-state index contributed by atoms with van der Waals surface area (Å²) in [6.45, 7) is 36.1. The fourth-order valence-corrected chi connectivity index (χ4v) is 15.0. The average Bonchev–Trinajstić information content (AvgIpc) is 1.50. The van der Waals surface area contributed by atoms with Crippen LogP contribution in [0.4, 0.5) is 51.2 Å². The van der Waals surface area contributed by atoms with Crippen LogP contribution in [0, 0.1) is 6.92 Å². The van der Waals surface area contributed by atoms with Crippen molar-refractivity contribution in [1.29, 1.82) is 0 Å². The van der Waals surface area contributed by atoms with Gasteiger partial charge in [0.05, 0.1) is 11.4 Å². The van der Waals surface area contributed by atoms with Crippen LogP contribution in [0.2, 0.25) is 0 Å². The number of nitrogens with zero attached hydrogens (tertiary/aromatic N) is 3. The van der Waals surface area contributed by atoms with Crippen LogP contribution in [0.25, 0.3) is 22.3 Å². The van der Waals surface area contributed by atoms with Crippen LogP contribution in [-0.4, -0.2) is 6.71 Å². The molecule has 0 bridgehead atoms. The Kier molecular flexibility index (Phi) is 12.3. The lowest BCUT2D eigenvalue weighted by molar-refractivity contribution is 0.332. The summed E-state index contributed by atoms with van der Waals surface area (Å²) in [7, 11) is 0. The lowest BCUT2D eigenvalue weighted by Crippen LogP contribution is -2.62. The summed E-state index contributed by atoms with van der Waals surface area (Å²) >= 11 is 0. The smallest absolute Gasteiger partial charge is 0.252 e. The molecule has 2 heterocycles. The van der Waals surface area contributed by atoms with Gasteiger partial charge in [-0.15, -0.1) is 0 Å². The summed E-state index contributed by atoms with van der Waals surface area (Å²) in [6.07, 6.45) is 3.38. The van der Waals surface area contributed by atoms with Crippen molar-refractivity contribution in [1.82, 2.24) is 0 Å². The van der Waals surface area contributed by atoms with Crippen LogP contribution in [0.3, 0.4) is 0 Å². The van der Waals surface area contributed by atoms with Crippen LogP contribution < -0.4 is 31.1 Å². The standard InChI is InChI=1S/C78H82BN3/c1-50-31-34-55(74(5,6)7)44-67(50)82-68-42-52(51-25-19-16-20-26-51)33-37-64(68)79-65-47-62-63(76(10,11)40-39-75(62,8)9)48-69(65)81(70-45-58(46-71(82)72(70)79)80(56-27-21-17-22-28-56)57-29-23-18-24-30-57)66-38-35-54(73(2,3)4)43-59(66)53-32-36-60-61(41-53)78(14,15)49-77(60,12)13/h16-38,41-48H,39-40,49H2,1-15H3. The SMILES string of the molecule is Cc1ccc(C(C)(C)C)cc1N1c2cc(-c3ccccc3)ccc2B2c3cc4c(cc3N(c3ccc(C(C)(C)C)cc3-c3ccc5c(c3)C(C)(C)CC5(C)C)c3cc(N(c5ccccc5)c5ccccc5)cc1c32)C(C)(C)CCC4(C)C. The molecule has 2 aliphatic heterocycles. The largest absolute Gasteiger partial charge is 0.311 e. The van der Waals surface area contributed by atoms with Crippen LogP contribution >= 0.6 is 0 Å². The number of benzene rings is 9. The first kappa shape index (κ1) is 53.7. The van der Waals surface area contributed by atoms with Crippen molar-refractivity contribution < 1.29 is 0 Å². The number of rotatable bonds is 7. The molecule has 9 aromatic rings. The summed E-state index contributed by atoms with van der Waals surface area (Å²) < 4.78 is 0. The molecule has 9 aromatic carbocycles. The van der Waals surface area contributed by atoms with Gasteiger partial charge in [-0.25, -0.2) is 0 Å². The van der Waals surface area contributed by atoms with E-state index in [0.717, 1.165) is 36.3 Å². The summed E-state index contributed by atoms with van der Waals surface area (Å²) in [6, 6.07) is 73.0. The maximum atomic E-state index is 2.74.